The first kappa shape index (κ1) is 16.9. The lowest BCUT2D eigenvalue weighted by atomic mass is 10.1. The van der Waals surface area contributed by atoms with Crippen molar-refractivity contribution in [1.29, 1.82) is 0 Å². The Kier molecular flexibility index (Phi) is 5.64. The van der Waals surface area contributed by atoms with Crippen molar-refractivity contribution in [3.05, 3.63) is 42.5 Å². The molecule has 0 saturated carbocycles. The van der Waals surface area contributed by atoms with Crippen LogP contribution in [-0.2, 0) is 11.3 Å². The lowest BCUT2D eigenvalue weighted by Gasteiger charge is -2.11. The number of carbonyl (C=O) groups excluding carboxylic acids is 2. The van der Waals surface area contributed by atoms with E-state index in [4.69, 9.17) is 0 Å². The minimum absolute atomic E-state index is 0.0490. The number of allylic oxidation sites excluding steroid dienone is 1. The highest BCUT2D eigenvalue weighted by atomic mass is 32.2. The molecule has 0 saturated heterocycles. The van der Waals surface area contributed by atoms with Gasteiger partial charge in [-0.05, 0) is 36.4 Å². The Hall–Kier alpha value is -2.48. The monoisotopic (exact) mass is 331 g/mol. The third-order valence-corrected chi connectivity index (χ3v) is 4.06. The second-order valence-corrected chi connectivity index (χ2v) is 6.13. The second-order valence-electron chi connectivity index (χ2n) is 4.82. The fourth-order valence-corrected chi connectivity index (χ4v) is 2.59. The van der Waals surface area contributed by atoms with Crippen LogP contribution < -0.4 is 5.32 Å². The summed E-state index contributed by atoms with van der Waals surface area (Å²) in [5, 5.41) is 14.3. The minimum atomic E-state index is -0.398. The zero-order valence-electron chi connectivity index (χ0n) is 12.9. The lowest BCUT2D eigenvalue weighted by Crippen LogP contribution is -2.23. The van der Waals surface area contributed by atoms with Crippen LogP contribution in [0.1, 0.15) is 24.2 Å². The van der Waals surface area contributed by atoms with Crippen LogP contribution in [0.5, 0.6) is 0 Å². The van der Waals surface area contributed by atoms with Crippen molar-refractivity contribution in [2.24, 2.45) is 0 Å². The first-order chi connectivity index (χ1) is 11.0. The summed E-state index contributed by atoms with van der Waals surface area (Å²) in [6, 6.07) is 6.83. The van der Waals surface area contributed by atoms with Crippen LogP contribution in [0.2, 0.25) is 0 Å². The summed E-state index contributed by atoms with van der Waals surface area (Å²) in [7, 11) is 0. The molecule has 1 atom stereocenters. The van der Waals surface area contributed by atoms with Gasteiger partial charge in [-0.15, -0.1) is 11.7 Å². The molecular formula is C15H17N5O2S. The Bertz CT molecular complexity index is 728. The predicted molar refractivity (Wildman–Crippen MR) is 88.4 cm³/mol. The van der Waals surface area contributed by atoms with Crippen LogP contribution in [0.15, 0.2) is 42.1 Å². The first-order valence-electron chi connectivity index (χ1n) is 6.97. The van der Waals surface area contributed by atoms with Crippen molar-refractivity contribution in [2.45, 2.75) is 30.8 Å². The van der Waals surface area contributed by atoms with Crippen molar-refractivity contribution in [3.63, 3.8) is 0 Å². The number of rotatable bonds is 7. The quantitative estimate of drug-likeness (QED) is 0.475. The molecule has 0 aliphatic rings. The molecule has 0 radical (unpaired) electrons. The molecule has 0 bridgehead atoms. The molecule has 0 spiro atoms. The van der Waals surface area contributed by atoms with Crippen molar-refractivity contribution >= 4 is 29.1 Å². The SMILES string of the molecule is C=CCn1nnnc1SC(C)C(=O)Nc1cccc(C(C)=O)c1. The standard InChI is InChI=1S/C15H17N5O2S/c1-4-8-20-15(17-18-19-20)23-11(3)14(22)16-13-7-5-6-12(9-13)10(2)21/h4-7,9,11H,1,8H2,2-3H3,(H,16,22). The number of amides is 1. The fraction of sp³-hybridized carbons (Fsp3) is 0.267. The summed E-state index contributed by atoms with van der Waals surface area (Å²) in [5.41, 5.74) is 1.14. The van der Waals surface area contributed by atoms with Gasteiger partial charge in [-0.3, -0.25) is 9.59 Å². The molecule has 1 aromatic carbocycles. The van der Waals surface area contributed by atoms with Gasteiger partial charge in [-0.1, -0.05) is 30.0 Å². The number of ketones is 1. The molecule has 1 unspecified atom stereocenters. The predicted octanol–water partition coefficient (Wildman–Crippen LogP) is 2.18. The maximum Gasteiger partial charge on any atom is 0.237 e. The highest BCUT2D eigenvalue weighted by molar-refractivity contribution is 8.00. The molecular weight excluding hydrogens is 314 g/mol. The Morgan fingerprint density at radius 3 is 2.96 bits per heavy atom. The number of Topliss-reactive ketones (excluding diaryl/α,β-unsaturated/α-hetero) is 1. The van der Waals surface area contributed by atoms with Crippen LogP contribution in [0.4, 0.5) is 5.69 Å². The van der Waals surface area contributed by atoms with Gasteiger partial charge in [0.2, 0.25) is 11.1 Å². The summed E-state index contributed by atoms with van der Waals surface area (Å²) in [5.74, 6) is -0.240. The van der Waals surface area contributed by atoms with Crippen molar-refractivity contribution in [1.82, 2.24) is 20.2 Å². The van der Waals surface area contributed by atoms with Crippen LogP contribution in [0.25, 0.3) is 0 Å². The van der Waals surface area contributed by atoms with Crippen molar-refractivity contribution in [3.8, 4) is 0 Å². The van der Waals surface area contributed by atoms with E-state index in [1.807, 2.05) is 0 Å². The molecule has 1 N–H and O–H groups in total. The Labute approximate surface area is 138 Å². The van der Waals surface area contributed by atoms with E-state index in [1.54, 1.807) is 41.9 Å². The number of aromatic nitrogens is 4. The number of carbonyl (C=O) groups is 2. The molecule has 0 fully saturated rings. The summed E-state index contributed by atoms with van der Waals surface area (Å²) >= 11 is 1.25. The van der Waals surface area contributed by atoms with Gasteiger partial charge in [-0.2, -0.15) is 0 Å². The highest BCUT2D eigenvalue weighted by Gasteiger charge is 2.18. The third-order valence-electron chi connectivity index (χ3n) is 2.99. The van der Waals surface area contributed by atoms with E-state index in [2.05, 4.69) is 27.4 Å². The maximum atomic E-state index is 12.3. The average molecular weight is 331 g/mol. The summed E-state index contributed by atoms with van der Waals surface area (Å²) < 4.78 is 1.57. The van der Waals surface area contributed by atoms with Crippen molar-refractivity contribution < 1.29 is 9.59 Å². The van der Waals surface area contributed by atoms with Gasteiger partial charge in [0.25, 0.3) is 0 Å². The summed E-state index contributed by atoms with van der Waals surface area (Å²) in [6.07, 6.45) is 1.68. The zero-order chi connectivity index (χ0) is 16.8. The molecule has 8 heteroatoms. The highest BCUT2D eigenvalue weighted by Crippen LogP contribution is 2.22. The maximum absolute atomic E-state index is 12.3. The fourth-order valence-electron chi connectivity index (χ4n) is 1.79. The molecule has 2 aromatic rings. The number of hydrogen-bond acceptors (Lipinski definition) is 6. The van der Waals surface area contributed by atoms with Gasteiger partial charge in [0.1, 0.15) is 0 Å². The summed E-state index contributed by atoms with van der Waals surface area (Å²) in [6.45, 7) is 7.36. The van der Waals surface area contributed by atoms with Gasteiger partial charge in [-0.25, -0.2) is 4.68 Å². The molecule has 1 aromatic heterocycles. The average Bonchev–Trinajstić information content (AvgIpc) is 2.95. The van der Waals surface area contributed by atoms with E-state index >= 15 is 0 Å². The molecule has 23 heavy (non-hydrogen) atoms. The molecule has 7 nitrogen and oxygen atoms in total. The molecule has 1 heterocycles. The number of tetrazole rings is 1. The molecule has 0 aliphatic carbocycles. The number of thioether (sulfide) groups is 1. The van der Waals surface area contributed by atoms with Gasteiger partial charge in [0, 0.05) is 11.3 Å². The third kappa shape index (κ3) is 4.49. The normalized spacial score (nSPS) is 11.7. The number of nitrogens with one attached hydrogen (secondary N) is 1. The minimum Gasteiger partial charge on any atom is -0.325 e. The lowest BCUT2D eigenvalue weighted by molar-refractivity contribution is -0.115. The number of hydrogen-bond donors (Lipinski definition) is 1. The number of nitrogens with zero attached hydrogens (tertiary/aromatic N) is 4. The van der Waals surface area contributed by atoms with E-state index in [0.29, 0.717) is 23.0 Å². The largest absolute Gasteiger partial charge is 0.325 e. The van der Waals surface area contributed by atoms with E-state index in [9.17, 15) is 9.59 Å². The van der Waals surface area contributed by atoms with Crippen LogP contribution >= 0.6 is 11.8 Å². The van der Waals surface area contributed by atoms with Crippen LogP contribution in [-0.4, -0.2) is 37.1 Å². The van der Waals surface area contributed by atoms with E-state index in [1.165, 1.54) is 18.7 Å². The first-order valence-corrected chi connectivity index (χ1v) is 7.85. The van der Waals surface area contributed by atoms with E-state index in [-0.39, 0.29) is 11.7 Å². The van der Waals surface area contributed by atoms with Crippen molar-refractivity contribution in [2.75, 3.05) is 5.32 Å². The Morgan fingerprint density at radius 1 is 1.48 bits per heavy atom. The van der Waals surface area contributed by atoms with Crippen LogP contribution in [0.3, 0.4) is 0 Å². The smallest absolute Gasteiger partial charge is 0.237 e. The number of benzene rings is 1. The summed E-state index contributed by atoms with van der Waals surface area (Å²) in [4.78, 5) is 23.7. The molecule has 120 valence electrons. The van der Waals surface area contributed by atoms with Gasteiger partial charge >= 0.3 is 0 Å². The topological polar surface area (TPSA) is 89.8 Å². The Balaban J connectivity index is 2.02. The number of anilines is 1. The molecule has 2 rings (SSSR count). The zero-order valence-corrected chi connectivity index (χ0v) is 13.7. The van der Waals surface area contributed by atoms with E-state index in [0.717, 1.165) is 0 Å². The van der Waals surface area contributed by atoms with E-state index < -0.39 is 5.25 Å². The van der Waals surface area contributed by atoms with Gasteiger partial charge in [0.05, 0.1) is 11.8 Å². The van der Waals surface area contributed by atoms with Gasteiger partial charge < -0.3 is 5.32 Å². The second kappa shape index (κ2) is 7.68. The van der Waals surface area contributed by atoms with Crippen LogP contribution in [0, 0.1) is 0 Å². The molecule has 1 amide bonds. The van der Waals surface area contributed by atoms with Gasteiger partial charge in [0.15, 0.2) is 5.78 Å². The Morgan fingerprint density at radius 2 is 2.26 bits per heavy atom. The molecule has 0 aliphatic heterocycles.